The van der Waals surface area contributed by atoms with Crippen LogP contribution in [-0.4, -0.2) is 33.9 Å². The van der Waals surface area contributed by atoms with Gasteiger partial charge in [0.05, 0.1) is 6.42 Å². The van der Waals surface area contributed by atoms with Gasteiger partial charge in [0.1, 0.15) is 6.33 Å². The largest absolute Gasteiger partial charge is 0.342 e. The Morgan fingerprint density at radius 1 is 1.43 bits per heavy atom. The second kappa shape index (κ2) is 6.35. The highest BCUT2D eigenvalue weighted by Crippen LogP contribution is 2.26. The topological polar surface area (TPSA) is 46.1 Å². The van der Waals surface area contributed by atoms with Crippen LogP contribution >= 0.6 is 11.3 Å². The molecule has 0 aliphatic carbocycles. The summed E-state index contributed by atoms with van der Waals surface area (Å²) in [7, 11) is 0. The molecule has 1 amide bonds. The Bertz CT molecular complexity index is 611. The summed E-state index contributed by atoms with van der Waals surface area (Å²) in [4.78, 5) is 25.2. The van der Waals surface area contributed by atoms with Gasteiger partial charge in [0.25, 0.3) is 0 Å². The van der Waals surface area contributed by atoms with Crippen LogP contribution in [0.5, 0.6) is 0 Å². The van der Waals surface area contributed by atoms with Crippen LogP contribution in [0.1, 0.15) is 34.2 Å². The molecule has 1 aliphatic rings. The molecule has 1 aliphatic heterocycles. The monoisotopic (exact) mass is 301 g/mol. The van der Waals surface area contributed by atoms with Crippen molar-refractivity contribution in [2.45, 2.75) is 32.1 Å². The molecule has 2 aromatic rings. The highest BCUT2D eigenvalue weighted by molar-refractivity contribution is 7.12. The van der Waals surface area contributed by atoms with Crippen LogP contribution in [0.25, 0.3) is 0 Å². The summed E-state index contributed by atoms with van der Waals surface area (Å²) in [6.45, 7) is 3.72. The van der Waals surface area contributed by atoms with Gasteiger partial charge in [-0.25, -0.2) is 9.97 Å². The van der Waals surface area contributed by atoms with E-state index < -0.39 is 0 Å². The minimum Gasteiger partial charge on any atom is -0.342 e. The fraction of sp³-hybridized carbons (Fsp3) is 0.438. The zero-order chi connectivity index (χ0) is 14.7. The van der Waals surface area contributed by atoms with E-state index in [1.165, 1.54) is 4.88 Å². The molecule has 110 valence electrons. The Balaban J connectivity index is 1.64. The van der Waals surface area contributed by atoms with Gasteiger partial charge in [-0.15, -0.1) is 11.3 Å². The fourth-order valence-corrected chi connectivity index (χ4v) is 3.71. The molecule has 2 aromatic heterocycles. The van der Waals surface area contributed by atoms with E-state index in [0.29, 0.717) is 12.3 Å². The second-order valence-electron chi connectivity index (χ2n) is 5.50. The number of likely N-dealkylation sites (tertiary alicyclic amines) is 1. The molecular weight excluding hydrogens is 282 g/mol. The highest BCUT2D eigenvalue weighted by Gasteiger charge is 2.25. The lowest BCUT2D eigenvalue weighted by atomic mass is 9.94. The number of thiophene rings is 1. The van der Waals surface area contributed by atoms with Gasteiger partial charge in [0.15, 0.2) is 0 Å². The molecule has 0 radical (unpaired) electrons. The lowest BCUT2D eigenvalue weighted by Crippen LogP contribution is -2.40. The molecule has 0 spiro atoms. The Morgan fingerprint density at radius 2 is 2.33 bits per heavy atom. The number of nitrogens with zero attached hydrogens (tertiary/aromatic N) is 3. The number of hydrogen-bond donors (Lipinski definition) is 0. The average Bonchev–Trinajstić information content (AvgIpc) is 2.93. The van der Waals surface area contributed by atoms with Crippen LogP contribution in [-0.2, 0) is 11.2 Å². The summed E-state index contributed by atoms with van der Waals surface area (Å²) >= 11 is 1.71. The van der Waals surface area contributed by atoms with Crippen LogP contribution in [0.2, 0.25) is 0 Å². The molecule has 1 saturated heterocycles. The van der Waals surface area contributed by atoms with Crippen LogP contribution in [0.3, 0.4) is 0 Å². The number of amides is 1. The van der Waals surface area contributed by atoms with Crippen molar-refractivity contribution < 1.29 is 4.79 Å². The molecule has 0 aromatic carbocycles. The van der Waals surface area contributed by atoms with Gasteiger partial charge in [-0.2, -0.15) is 0 Å². The third kappa shape index (κ3) is 3.47. The van der Waals surface area contributed by atoms with Crippen molar-refractivity contribution in [3.05, 3.63) is 46.2 Å². The predicted octanol–water partition coefficient (Wildman–Crippen LogP) is 2.80. The van der Waals surface area contributed by atoms with Gasteiger partial charge in [0, 0.05) is 40.7 Å². The fourth-order valence-electron chi connectivity index (χ4n) is 2.83. The Labute approximate surface area is 128 Å². The molecule has 3 rings (SSSR count). The van der Waals surface area contributed by atoms with Crippen LogP contribution in [0, 0.1) is 6.92 Å². The zero-order valence-corrected chi connectivity index (χ0v) is 13.0. The lowest BCUT2D eigenvalue weighted by molar-refractivity contribution is -0.131. The number of carbonyl (C=O) groups excluding carboxylic acids is 1. The Kier molecular flexibility index (Phi) is 4.29. The van der Waals surface area contributed by atoms with Crippen molar-refractivity contribution in [2.24, 2.45) is 0 Å². The van der Waals surface area contributed by atoms with E-state index in [-0.39, 0.29) is 5.91 Å². The van der Waals surface area contributed by atoms with Gasteiger partial charge in [-0.3, -0.25) is 4.79 Å². The van der Waals surface area contributed by atoms with E-state index in [0.717, 1.165) is 36.5 Å². The van der Waals surface area contributed by atoms with E-state index in [1.807, 2.05) is 11.0 Å². The number of rotatable bonds is 3. The van der Waals surface area contributed by atoms with Crippen molar-refractivity contribution in [1.29, 1.82) is 0 Å². The van der Waals surface area contributed by atoms with Crippen LogP contribution in [0.4, 0.5) is 0 Å². The maximum Gasteiger partial charge on any atom is 0.227 e. The average molecular weight is 301 g/mol. The SMILES string of the molecule is Cc1ccc(CC(=O)N2CCCC(c3ccncn3)C2)s1. The molecule has 21 heavy (non-hydrogen) atoms. The highest BCUT2D eigenvalue weighted by atomic mass is 32.1. The maximum atomic E-state index is 12.5. The number of hydrogen-bond acceptors (Lipinski definition) is 4. The van der Waals surface area contributed by atoms with Crippen molar-refractivity contribution >= 4 is 17.2 Å². The molecule has 1 atom stereocenters. The summed E-state index contributed by atoms with van der Waals surface area (Å²) in [5.41, 5.74) is 1.05. The molecule has 4 nitrogen and oxygen atoms in total. The number of aromatic nitrogens is 2. The molecule has 1 unspecified atom stereocenters. The summed E-state index contributed by atoms with van der Waals surface area (Å²) in [5.74, 6) is 0.575. The van der Waals surface area contributed by atoms with Gasteiger partial charge in [-0.1, -0.05) is 0 Å². The summed E-state index contributed by atoms with van der Waals surface area (Å²) in [5, 5.41) is 0. The van der Waals surface area contributed by atoms with Gasteiger partial charge < -0.3 is 4.90 Å². The predicted molar refractivity (Wildman–Crippen MR) is 83.3 cm³/mol. The van der Waals surface area contributed by atoms with Crippen molar-refractivity contribution in [3.63, 3.8) is 0 Å². The van der Waals surface area contributed by atoms with Gasteiger partial charge in [0.2, 0.25) is 5.91 Å². The third-order valence-corrected chi connectivity index (χ3v) is 4.92. The summed E-state index contributed by atoms with van der Waals surface area (Å²) in [6.07, 6.45) is 6.03. The second-order valence-corrected chi connectivity index (χ2v) is 6.87. The molecule has 3 heterocycles. The quantitative estimate of drug-likeness (QED) is 0.876. The first-order valence-corrected chi connectivity index (χ1v) is 8.13. The number of carbonyl (C=O) groups is 1. The van der Waals surface area contributed by atoms with E-state index in [2.05, 4.69) is 29.0 Å². The maximum absolute atomic E-state index is 12.5. The first kappa shape index (κ1) is 14.2. The molecular formula is C16H19N3OS. The van der Waals surface area contributed by atoms with E-state index in [4.69, 9.17) is 0 Å². The van der Waals surface area contributed by atoms with E-state index >= 15 is 0 Å². The molecule has 1 fully saturated rings. The Morgan fingerprint density at radius 3 is 3.05 bits per heavy atom. The minimum atomic E-state index is 0.232. The van der Waals surface area contributed by atoms with Gasteiger partial charge in [-0.05, 0) is 38.0 Å². The van der Waals surface area contributed by atoms with E-state index in [9.17, 15) is 4.79 Å². The van der Waals surface area contributed by atoms with Crippen LogP contribution in [0.15, 0.2) is 30.7 Å². The van der Waals surface area contributed by atoms with Crippen molar-refractivity contribution in [3.8, 4) is 0 Å². The summed E-state index contributed by atoms with van der Waals surface area (Å²) < 4.78 is 0. The summed E-state index contributed by atoms with van der Waals surface area (Å²) in [6, 6.07) is 6.10. The number of aryl methyl sites for hydroxylation is 1. The molecule has 5 heteroatoms. The standard InChI is InChI=1S/C16H19N3OS/c1-12-4-5-14(21-12)9-16(20)19-8-2-3-13(10-19)15-6-7-17-11-18-15/h4-7,11,13H,2-3,8-10H2,1H3. The smallest absolute Gasteiger partial charge is 0.227 e. The van der Waals surface area contributed by atoms with E-state index in [1.54, 1.807) is 23.9 Å². The number of piperidine rings is 1. The first-order chi connectivity index (χ1) is 10.2. The normalized spacial score (nSPS) is 18.7. The lowest BCUT2D eigenvalue weighted by Gasteiger charge is -2.32. The minimum absolute atomic E-state index is 0.232. The first-order valence-electron chi connectivity index (χ1n) is 7.31. The molecule has 0 saturated carbocycles. The third-order valence-electron chi connectivity index (χ3n) is 3.92. The Hall–Kier alpha value is -1.75. The molecule has 0 bridgehead atoms. The van der Waals surface area contributed by atoms with Gasteiger partial charge >= 0.3 is 0 Å². The van der Waals surface area contributed by atoms with Crippen molar-refractivity contribution in [1.82, 2.24) is 14.9 Å². The molecule has 0 N–H and O–H groups in total. The van der Waals surface area contributed by atoms with Crippen LogP contribution < -0.4 is 0 Å². The van der Waals surface area contributed by atoms with Crippen molar-refractivity contribution in [2.75, 3.05) is 13.1 Å². The zero-order valence-electron chi connectivity index (χ0n) is 12.2.